The number of imidazole rings is 1. The number of rotatable bonds is 4. The number of fused-ring (bicyclic) bond motifs is 1. The Balaban J connectivity index is 1.70. The highest BCUT2D eigenvalue weighted by Crippen LogP contribution is 2.18. The van der Waals surface area contributed by atoms with Crippen molar-refractivity contribution in [1.29, 1.82) is 0 Å². The minimum Gasteiger partial charge on any atom is -0.348 e. The van der Waals surface area contributed by atoms with E-state index in [1.54, 1.807) is 6.20 Å². The molecule has 2 aromatic heterocycles. The lowest BCUT2D eigenvalue weighted by Gasteiger charge is -2.27. The summed E-state index contributed by atoms with van der Waals surface area (Å²) in [5.74, 6) is 2.01. The molecule has 0 amide bonds. The molecule has 0 atom stereocenters. The fraction of sp³-hybridized carbons (Fsp3) is 0.500. The molecular weight excluding hydrogens is 238 g/mol. The van der Waals surface area contributed by atoms with Crippen molar-refractivity contribution in [2.24, 2.45) is 0 Å². The molecule has 3 rings (SSSR count). The van der Waals surface area contributed by atoms with Gasteiger partial charge in [0.25, 0.3) is 0 Å². The summed E-state index contributed by atoms with van der Waals surface area (Å²) < 4.78 is 0. The quantitative estimate of drug-likeness (QED) is 0.906. The first-order chi connectivity index (χ1) is 9.35. The number of H-pyrrole nitrogens is 1. The molecule has 100 valence electrons. The second kappa shape index (κ2) is 5.48. The summed E-state index contributed by atoms with van der Waals surface area (Å²) in [7, 11) is 0. The highest BCUT2D eigenvalue weighted by molar-refractivity contribution is 5.20. The lowest BCUT2D eigenvalue weighted by Crippen LogP contribution is -2.31. The molecule has 0 spiro atoms. The molecule has 5 heteroatoms. The fourth-order valence-electron chi connectivity index (χ4n) is 2.49. The van der Waals surface area contributed by atoms with E-state index in [0.717, 1.165) is 50.5 Å². The second-order valence-electron chi connectivity index (χ2n) is 5.00. The van der Waals surface area contributed by atoms with Gasteiger partial charge in [-0.25, -0.2) is 15.0 Å². The summed E-state index contributed by atoms with van der Waals surface area (Å²) in [5.41, 5.74) is 2.49. The molecule has 19 heavy (non-hydrogen) atoms. The van der Waals surface area contributed by atoms with Crippen molar-refractivity contribution in [3.8, 4) is 0 Å². The number of nitrogens with zero attached hydrogens (tertiary/aromatic N) is 4. The maximum Gasteiger partial charge on any atom is 0.128 e. The van der Waals surface area contributed by atoms with Crippen molar-refractivity contribution in [1.82, 2.24) is 24.8 Å². The summed E-state index contributed by atoms with van der Waals surface area (Å²) in [6.45, 7) is 4.98. The molecule has 1 aliphatic heterocycles. The third-order valence-electron chi connectivity index (χ3n) is 3.46. The molecule has 0 radical (unpaired) electrons. The average molecular weight is 257 g/mol. The maximum atomic E-state index is 4.67. The molecule has 1 N–H and O–H groups in total. The number of hydrogen-bond donors (Lipinski definition) is 1. The molecule has 3 heterocycles. The Kier molecular flexibility index (Phi) is 3.55. The largest absolute Gasteiger partial charge is 0.348 e. The van der Waals surface area contributed by atoms with Gasteiger partial charge in [0.2, 0.25) is 0 Å². The number of hydrogen-bond acceptors (Lipinski definition) is 4. The van der Waals surface area contributed by atoms with Crippen LogP contribution in [0.15, 0.2) is 18.6 Å². The van der Waals surface area contributed by atoms with Gasteiger partial charge in [-0.2, -0.15) is 0 Å². The Hall–Kier alpha value is -1.75. The topological polar surface area (TPSA) is 57.7 Å². The summed E-state index contributed by atoms with van der Waals surface area (Å²) in [4.78, 5) is 18.9. The van der Waals surface area contributed by atoms with Crippen molar-refractivity contribution in [3.05, 3.63) is 41.5 Å². The summed E-state index contributed by atoms with van der Waals surface area (Å²) in [5, 5.41) is 0. The molecule has 0 fully saturated rings. The molecule has 0 bridgehead atoms. The van der Waals surface area contributed by atoms with Gasteiger partial charge >= 0.3 is 0 Å². The van der Waals surface area contributed by atoms with Gasteiger partial charge in [-0.3, -0.25) is 4.90 Å². The Bertz CT molecular complexity index is 535. The van der Waals surface area contributed by atoms with Crippen LogP contribution in [0.3, 0.4) is 0 Å². The molecular formula is C14H19N5. The summed E-state index contributed by atoms with van der Waals surface area (Å²) in [6, 6.07) is 0. The van der Waals surface area contributed by atoms with Gasteiger partial charge in [-0.05, 0) is 6.42 Å². The lowest BCUT2D eigenvalue weighted by atomic mass is 10.1. The minimum atomic E-state index is 0.864. The van der Waals surface area contributed by atoms with Crippen LogP contribution >= 0.6 is 0 Å². The Labute approximate surface area is 113 Å². The Morgan fingerprint density at radius 2 is 2.32 bits per heavy atom. The van der Waals surface area contributed by atoms with Crippen LogP contribution in [0.5, 0.6) is 0 Å². The zero-order valence-electron chi connectivity index (χ0n) is 11.3. The first kappa shape index (κ1) is 12.3. The number of aryl methyl sites for hydroxylation is 1. The van der Waals surface area contributed by atoms with E-state index >= 15 is 0 Å². The molecule has 0 aromatic carbocycles. The van der Waals surface area contributed by atoms with Crippen molar-refractivity contribution in [2.45, 2.75) is 39.3 Å². The van der Waals surface area contributed by atoms with E-state index in [0.29, 0.717) is 0 Å². The van der Waals surface area contributed by atoms with Crippen LogP contribution in [0.25, 0.3) is 0 Å². The summed E-state index contributed by atoms with van der Waals surface area (Å²) >= 11 is 0. The van der Waals surface area contributed by atoms with Gasteiger partial charge in [0.1, 0.15) is 11.6 Å². The standard InChI is InChI=1S/C14H19N5/c1-2-3-13-17-8-11-9-19(7-4-12(11)18-13)10-14-15-5-6-16-14/h5-6,8H,2-4,7,9-10H2,1H3,(H,15,16). The van der Waals surface area contributed by atoms with Gasteiger partial charge < -0.3 is 4.98 Å². The van der Waals surface area contributed by atoms with Crippen molar-refractivity contribution >= 4 is 0 Å². The summed E-state index contributed by atoms with van der Waals surface area (Å²) in [6.07, 6.45) is 8.75. The number of nitrogens with one attached hydrogen (secondary N) is 1. The van der Waals surface area contributed by atoms with Crippen molar-refractivity contribution in [3.63, 3.8) is 0 Å². The zero-order valence-corrected chi connectivity index (χ0v) is 11.3. The van der Waals surface area contributed by atoms with Gasteiger partial charge in [0.15, 0.2) is 0 Å². The van der Waals surface area contributed by atoms with E-state index < -0.39 is 0 Å². The second-order valence-corrected chi connectivity index (χ2v) is 5.00. The van der Waals surface area contributed by atoms with Crippen LogP contribution in [-0.2, 0) is 25.9 Å². The molecule has 1 aliphatic rings. The fourth-order valence-corrected chi connectivity index (χ4v) is 2.49. The number of aromatic nitrogens is 4. The van der Waals surface area contributed by atoms with E-state index in [1.165, 1.54) is 11.3 Å². The van der Waals surface area contributed by atoms with Gasteiger partial charge in [0.05, 0.1) is 6.54 Å². The van der Waals surface area contributed by atoms with Gasteiger partial charge in [0, 0.05) is 55.8 Å². The third-order valence-corrected chi connectivity index (χ3v) is 3.46. The maximum absolute atomic E-state index is 4.67. The van der Waals surface area contributed by atoms with Crippen LogP contribution in [0.2, 0.25) is 0 Å². The Morgan fingerprint density at radius 1 is 1.37 bits per heavy atom. The van der Waals surface area contributed by atoms with Crippen LogP contribution in [-0.4, -0.2) is 31.4 Å². The molecule has 0 saturated carbocycles. The zero-order chi connectivity index (χ0) is 13.1. The van der Waals surface area contributed by atoms with Crippen LogP contribution in [0.1, 0.15) is 36.3 Å². The van der Waals surface area contributed by atoms with E-state index in [1.807, 2.05) is 12.4 Å². The normalized spacial score (nSPS) is 15.4. The average Bonchev–Trinajstić information content (AvgIpc) is 2.92. The molecule has 5 nitrogen and oxygen atoms in total. The monoisotopic (exact) mass is 257 g/mol. The van der Waals surface area contributed by atoms with Crippen molar-refractivity contribution < 1.29 is 0 Å². The first-order valence-electron chi connectivity index (χ1n) is 6.89. The van der Waals surface area contributed by atoms with E-state index in [4.69, 9.17) is 0 Å². The lowest BCUT2D eigenvalue weighted by molar-refractivity contribution is 0.237. The van der Waals surface area contributed by atoms with E-state index in [2.05, 4.69) is 31.8 Å². The first-order valence-corrected chi connectivity index (χ1v) is 6.89. The molecule has 2 aromatic rings. The van der Waals surface area contributed by atoms with Gasteiger partial charge in [-0.1, -0.05) is 6.92 Å². The highest BCUT2D eigenvalue weighted by atomic mass is 15.2. The Morgan fingerprint density at radius 3 is 3.11 bits per heavy atom. The molecule has 0 saturated heterocycles. The van der Waals surface area contributed by atoms with Crippen LogP contribution in [0.4, 0.5) is 0 Å². The van der Waals surface area contributed by atoms with Crippen molar-refractivity contribution in [2.75, 3.05) is 6.54 Å². The highest BCUT2D eigenvalue weighted by Gasteiger charge is 2.18. The predicted octanol–water partition coefficient (Wildman–Crippen LogP) is 1.71. The van der Waals surface area contributed by atoms with Crippen LogP contribution < -0.4 is 0 Å². The molecule has 0 unspecified atom stereocenters. The van der Waals surface area contributed by atoms with Gasteiger partial charge in [-0.15, -0.1) is 0 Å². The van der Waals surface area contributed by atoms with E-state index in [-0.39, 0.29) is 0 Å². The van der Waals surface area contributed by atoms with E-state index in [9.17, 15) is 0 Å². The smallest absolute Gasteiger partial charge is 0.128 e. The SMILES string of the molecule is CCCc1ncc2c(n1)CCN(Cc1ncc[nH]1)C2. The third kappa shape index (κ3) is 2.81. The van der Waals surface area contributed by atoms with Crippen LogP contribution in [0, 0.1) is 0 Å². The predicted molar refractivity (Wildman–Crippen MR) is 72.4 cm³/mol. The number of aromatic amines is 1. The minimum absolute atomic E-state index is 0.864. The molecule has 0 aliphatic carbocycles.